The fraction of sp³-hybridized carbons (Fsp3) is 0.278. The number of hydrogen-bond acceptors (Lipinski definition) is 6. The molecule has 1 heterocycles. The van der Waals surface area contributed by atoms with E-state index in [1.165, 1.54) is 12.1 Å². The highest BCUT2D eigenvalue weighted by Gasteiger charge is 2.37. The van der Waals surface area contributed by atoms with Crippen LogP contribution < -0.4 is 20.9 Å². The number of carbonyl (C=O) groups excluding carboxylic acids is 1. The highest BCUT2D eigenvalue weighted by Crippen LogP contribution is 2.43. The molecule has 0 bridgehead atoms. The molecule has 1 amide bonds. The number of primary amides is 1. The minimum atomic E-state index is -3.90. The van der Waals surface area contributed by atoms with Gasteiger partial charge < -0.3 is 20.9 Å². The van der Waals surface area contributed by atoms with Gasteiger partial charge >= 0.3 is 0 Å². The molecule has 0 fully saturated rings. The summed E-state index contributed by atoms with van der Waals surface area (Å²) in [4.78, 5) is 10.9. The first-order valence-corrected chi connectivity index (χ1v) is 9.77. The number of rotatable bonds is 6. The number of para-hydroxylation sites is 1. The van der Waals surface area contributed by atoms with Crippen molar-refractivity contribution in [3.05, 3.63) is 53.8 Å². The molecule has 144 valence electrons. The third kappa shape index (κ3) is 3.88. The summed E-state index contributed by atoms with van der Waals surface area (Å²) < 4.78 is 49.8. The first kappa shape index (κ1) is 19.1. The lowest BCUT2D eigenvalue weighted by Gasteiger charge is -2.31. The van der Waals surface area contributed by atoms with Gasteiger partial charge in [0.15, 0.2) is 27.9 Å². The van der Waals surface area contributed by atoms with Crippen molar-refractivity contribution >= 4 is 15.7 Å². The maximum absolute atomic E-state index is 13.1. The lowest BCUT2D eigenvalue weighted by atomic mass is 9.92. The first-order chi connectivity index (χ1) is 12.8. The fourth-order valence-electron chi connectivity index (χ4n) is 3.02. The summed E-state index contributed by atoms with van der Waals surface area (Å²) in [5.74, 6) is -1.09. The molecule has 0 radical (unpaired) electrons. The Morgan fingerprint density at radius 3 is 2.63 bits per heavy atom. The van der Waals surface area contributed by atoms with E-state index in [2.05, 4.69) is 0 Å². The van der Waals surface area contributed by atoms with Crippen molar-refractivity contribution < 1.29 is 27.1 Å². The summed E-state index contributed by atoms with van der Waals surface area (Å²) in [5, 5.41) is -1.25. The van der Waals surface area contributed by atoms with Gasteiger partial charge in [-0.25, -0.2) is 12.8 Å². The summed E-state index contributed by atoms with van der Waals surface area (Å²) in [5.41, 5.74) is 11.8. The van der Waals surface area contributed by atoms with Crippen LogP contribution in [0.25, 0.3) is 0 Å². The largest absolute Gasteiger partial charge is 0.489 e. The lowest BCUT2D eigenvalue weighted by Crippen LogP contribution is -2.39. The Hall–Kier alpha value is -2.65. The Bertz CT molecular complexity index is 947. The molecule has 0 saturated heterocycles. The van der Waals surface area contributed by atoms with Crippen molar-refractivity contribution in [3.63, 3.8) is 0 Å². The predicted molar refractivity (Wildman–Crippen MR) is 95.5 cm³/mol. The molecule has 0 saturated carbocycles. The van der Waals surface area contributed by atoms with Crippen molar-refractivity contribution in [1.29, 1.82) is 0 Å². The zero-order chi connectivity index (χ0) is 19.6. The standard InChI is InChI=1S/C18H19FN2O5S/c19-11-4-6-12(7-5-11)27(23,24)18(21)14-8-9-25-17-13(14)2-1-3-15(17)26-10-16(20)22/h1-7,14,18H,8-10,21H2,(H2,20,22). The van der Waals surface area contributed by atoms with E-state index >= 15 is 0 Å². The second kappa shape index (κ2) is 7.53. The molecule has 7 nitrogen and oxygen atoms in total. The molecular weight excluding hydrogens is 375 g/mol. The van der Waals surface area contributed by atoms with Crippen LogP contribution in [0.15, 0.2) is 47.4 Å². The highest BCUT2D eigenvalue weighted by molar-refractivity contribution is 7.92. The van der Waals surface area contributed by atoms with Gasteiger partial charge in [0.1, 0.15) is 11.2 Å². The van der Waals surface area contributed by atoms with Gasteiger partial charge in [-0.1, -0.05) is 12.1 Å². The van der Waals surface area contributed by atoms with E-state index in [9.17, 15) is 17.6 Å². The summed E-state index contributed by atoms with van der Waals surface area (Å²) in [6.07, 6.45) is 0.383. The average molecular weight is 394 g/mol. The number of amides is 1. The van der Waals surface area contributed by atoms with E-state index in [0.29, 0.717) is 23.5 Å². The predicted octanol–water partition coefficient (Wildman–Crippen LogP) is 1.31. The van der Waals surface area contributed by atoms with Crippen LogP contribution in [0.5, 0.6) is 11.5 Å². The van der Waals surface area contributed by atoms with Crippen molar-refractivity contribution in [2.75, 3.05) is 13.2 Å². The molecule has 2 aromatic rings. The zero-order valence-corrected chi connectivity index (χ0v) is 15.1. The number of fused-ring (bicyclic) bond motifs is 1. The number of sulfone groups is 1. The molecule has 9 heteroatoms. The fourth-order valence-corrected chi connectivity index (χ4v) is 4.57. The van der Waals surface area contributed by atoms with E-state index < -0.39 is 32.9 Å². The van der Waals surface area contributed by atoms with Crippen molar-refractivity contribution in [2.45, 2.75) is 22.6 Å². The molecule has 1 aliphatic rings. The van der Waals surface area contributed by atoms with Gasteiger partial charge in [0.25, 0.3) is 5.91 Å². The highest BCUT2D eigenvalue weighted by atomic mass is 32.2. The summed E-state index contributed by atoms with van der Waals surface area (Å²) in [7, 11) is -3.90. The minimum Gasteiger partial charge on any atom is -0.489 e. The van der Waals surface area contributed by atoms with Gasteiger partial charge in [0.2, 0.25) is 0 Å². The zero-order valence-electron chi connectivity index (χ0n) is 14.3. The van der Waals surface area contributed by atoms with Crippen LogP contribution in [-0.4, -0.2) is 32.9 Å². The normalized spacial score (nSPS) is 17.5. The van der Waals surface area contributed by atoms with Gasteiger partial charge in [0.05, 0.1) is 11.5 Å². The summed E-state index contributed by atoms with van der Waals surface area (Å²) in [6, 6.07) is 9.50. The van der Waals surface area contributed by atoms with Gasteiger partial charge in [-0.05, 0) is 36.8 Å². The van der Waals surface area contributed by atoms with Crippen LogP contribution in [0, 0.1) is 5.82 Å². The van der Waals surface area contributed by atoms with Crippen LogP contribution in [0.4, 0.5) is 4.39 Å². The van der Waals surface area contributed by atoms with E-state index in [1.54, 1.807) is 18.2 Å². The molecule has 1 aliphatic heterocycles. The monoisotopic (exact) mass is 394 g/mol. The molecule has 2 aromatic carbocycles. The van der Waals surface area contributed by atoms with Crippen LogP contribution >= 0.6 is 0 Å². The van der Waals surface area contributed by atoms with Crippen LogP contribution in [0.1, 0.15) is 17.9 Å². The van der Waals surface area contributed by atoms with Crippen LogP contribution in [0.2, 0.25) is 0 Å². The van der Waals surface area contributed by atoms with E-state index in [0.717, 1.165) is 12.1 Å². The smallest absolute Gasteiger partial charge is 0.255 e. The Balaban J connectivity index is 1.94. The van der Waals surface area contributed by atoms with E-state index in [-0.39, 0.29) is 18.1 Å². The van der Waals surface area contributed by atoms with Crippen molar-refractivity contribution in [2.24, 2.45) is 11.5 Å². The molecule has 0 spiro atoms. The minimum absolute atomic E-state index is 0.0504. The molecule has 2 atom stereocenters. The van der Waals surface area contributed by atoms with Crippen LogP contribution in [-0.2, 0) is 14.6 Å². The summed E-state index contributed by atoms with van der Waals surface area (Å²) >= 11 is 0. The molecule has 2 unspecified atom stereocenters. The SMILES string of the molecule is NC(=O)COc1cccc2c1OCCC2C(N)S(=O)(=O)c1ccc(F)cc1. The van der Waals surface area contributed by atoms with Crippen molar-refractivity contribution in [1.82, 2.24) is 0 Å². The number of ether oxygens (including phenoxy) is 2. The third-order valence-corrected chi connectivity index (χ3v) is 6.33. The Kier molecular flexibility index (Phi) is 5.33. The lowest BCUT2D eigenvalue weighted by molar-refractivity contribution is -0.119. The molecule has 0 aromatic heterocycles. The van der Waals surface area contributed by atoms with E-state index in [4.69, 9.17) is 20.9 Å². The number of carbonyl (C=O) groups is 1. The Labute approximate surface area is 156 Å². The Morgan fingerprint density at radius 2 is 1.96 bits per heavy atom. The van der Waals surface area contributed by atoms with Gasteiger partial charge in [-0.3, -0.25) is 4.79 Å². The number of nitrogens with two attached hydrogens (primary N) is 2. The molecule has 3 rings (SSSR count). The topological polar surface area (TPSA) is 122 Å². The number of hydrogen-bond donors (Lipinski definition) is 2. The van der Waals surface area contributed by atoms with E-state index in [1.807, 2.05) is 0 Å². The maximum Gasteiger partial charge on any atom is 0.255 e. The number of benzene rings is 2. The quantitative estimate of drug-likeness (QED) is 0.713. The second-order valence-electron chi connectivity index (χ2n) is 6.14. The third-order valence-electron chi connectivity index (χ3n) is 4.35. The first-order valence-electron chi connectivity index (χ1n) is 8.22. The van der Waals surface area contributed by atoms with Gasteiger partial charge in [0, 0.05) is 11.5 Å². The second-order valence-corrected chi connectivity index (χ2v) is 8.24. The van der Waals surface area contributed by atoms with Gasteiger partial charge in [-0.15, -0.1) is 0 Å². The van der Waals surface area contributed by atoms with Crippen molar-refractivity contribution in [3.8, 4) is 11.5 Å². The summed E-state index contributed by atoms with van der Waals surface area (Å²) in [6.45, 7) is -0.0916. The Morgan fingerprint density at radius 1 is 1.26 bits per heavy atom. The molecular formula is C18H19FN2O5S. The average Bonchev–Trinajstić information content (AvgIpc) is 2.65. The maximum atomic E-state index is 13.1. The molecule has 27 heavy (non-hydrogen) atoms. The number of halogens is 1. The molecule has 0 aliphatic carbocycles. The van der Waals surface area contributed by atoms with Gasteiger partial charge in [-0.2, -0.15) is 0 Å². The molecule has 4 N–H and O–H groups in total. The van der Waals surface area contributed by atoms with Crippen LogP contribution in [0.3, 0.4) is 0 Å².